The standard InChI is InChI=1S/C16H14N2O5/c1-10-13(3-2-4-14(10)18(22)23)15(19)17-9-11-5-7-12(8-6-11)16(20)21/h2-8H,9H2,1H3,(H,17,19)(H,20,21). The number of amides is 1. The zero-order chi connectivity index (χ0) is 17.0. The smallest absolute Gasteiger partial charge is 0.335 e. The van der Waals surface area contributed by atoms with Crippen LogP contribution in [-0.4, -0.2) is 21.9 Å². The maximum Gasteiger partial charge on any atom is 0.335 e. The molecule has 118 valence electrons. The molecule has 1 amide bonds. The van der Waals surface area contributed by atoms with E-state index in [2.05, 4.69) is 5.32 Å². The van der Waals surface area contributed by atoms with Crippen LogP contribution in [0.5, 0.6) is 0 Å². The first-order valence-corrected chi connectivity index (χ1v) is 6.74. The van der Waals surface area contributed by atoms with Gasteiger partial charge in [-0.3, -0.25) is 14.9 Å². The van der Waals surface area contributed by atoms with Gasteiger partial charge in [0.25, 0.3) is 11.6 Å². The number of carboxylic acids is 1. The summed E-state index contributed by atoms with van der Waals surface area (Å²) in [5, 5.41) is 22.4. The topological polar surface area (TPSA) is 110 Å². The summed E-state index contributed by atoms with van der Waals surface area (Å²) in [6.07, 6.45) is 0. The van der Waals surface area contributed by atoms with Crippen molar-refractivity contribution >= 4 is 17.6 Å². The zero-order valence-corrected chi connectivity index (χ0v) is 12.3. The number of hydrogen-bond acceptors (Lipinski definition) is 4. The van der Waals surface area contributed by atoms with Crippen molar-refractivity contribution in [1.82, 2.24) is 5.32 Å². The van der Waals surface area contributed by atoms with Gasteiger partial charge in [0.1, 0.15) is 0 Å². The SMILES string of the molecule is Cc1c(C(=O)NCc2ccc(C(=O)O)cc2)cccc1[N+](=O)[O-]. The highest BCUT2D eigenvalue weighted by Crippen LogP contribution is 2.21. The van der Waals surface area contributed by atoms with Crippen molar-refractivity contribution in [2.24, 2.45) is 0 Å². The monoisotopic (exact) mass is 314 g/mol. The van der Waals surface area contributed by atoms with Crippen LogP contribution in [0.2, 0.25) is 0 Å². The molecule has 0 bridgehead atoms. The summed E-state index contributed by atoms with van der Waals surface area (Å²) in [7, 11) is 0. The number of carboxylic acid groups (broad SMARTS) is 1. The molecule has 7 nitrogen and oxygen atoms in total. The van der Waals surface area contributed by atoms with Gasteiger partial charge in [0, 0.05) is 23.7 Å². The average Bonchev–Trinajstić information content (AvgIpc) is 2.53. The lowest BCUT2D eigenvalue weighted by molar-refractivity contribution is -0.385. The summed E-state index contributed by atoms with van der Waals surface area (Å²) in [6, 6.07) is 10.4. The first-order chi connectivity index (χ1) is 10.9. The minimum Gasteiger partial charge on any atom is -0.478 e. The molecule has 0 aromatic heterocycles. The number of carbonyl (C=O) groups excluding carboxylic acids is 1. The van der Waals surface area contributed by atoms with Crippen LogP contribution in [0.3, 0.4) is 0 Å². The predicted octanol–water partition coefficient (Wildman–Crippen LogP) is 2.53. The summed E-state index contributed by atoms with van der Waals surface area (Å²) < 4.78 is 0. The summed E-state index contributed by atoms with van der Waals surface area (Å²) in [6.45, 7) is 1.72. The predicted molar refractivity (Wildman–Crippen MR) is 82.4 cm³/mol. The Morgan fingerprint density at radius 2 is 1.83 bits per heavy atom. The van der Waals surface area contributed by atoms with E-state index >= 15 is 0 Å². The molecule has 0 saturated carbocycles. The molecule has 2 N–H and O–H groups in total. The largest absolute Gasteiger partial charge is 0.478 e. The molecule has 0 fully saturated rings. The maximum absolute atomic E-state index is 12.2. The minimum absolute atomic E-state index is 0.108. The first kappa shape index (κ1) is 16.2. The third kappa shape index (κ3) is 3.70. The van der Waals surface area contributed by atoms with Crippen LogP contribution in [0, 0.1) is 17.0 Å². The normalized spacial score (nSPS) is 10.1. The Balaban J connectivity index is 2.09. The molecule has 0 spiro atoms. The highest BCUT2D eigenvalue weighted by molar-refractivity contribution is 5.96. The Morgan fingerprint density at radius 1 is 1.17 bits per heavy atom. The second kappa shape index (κ2) is 6.69. The van der Waals surface area contributed by atoms with E-state index in [1.165, 1.54) is 37.3 Å². The number of carbonyl (C=O) groups is 2. The Kier molecular flexibility index (Phi) is 4.70. The molecule has 2 aromatic rings. The minimum atomic E-state index is -1.02. The van der Waals surface area contributed by atoms with Crippen molar-refractivity contribution in [3.05, 3.63) is 74.8 Å². The molecular formula is C16H14N2O5. The fourth-order valence-electron chi connectivity index (χ4n) is 2.11. The van der Waals surface area contributed by atoms with Crippen molar-refractivity contribution in [1.29, 1.82) is 0 Å². The van der Waals surface area contributed by atoms with Crippen molar-refractivity contribution in [2.75, 3.05) is 0 Å². The fourth-order valence-corrected chi connectivity index (χ4v) is 2.11. The van der Waals surface area contributed by atoms with Gasteiger partial charge in [-0.25, -0.2) is 4.79 Å². The van der Waals surface area contributed by atoms with E-state index < -0.39 is 16.8 Å². The van der Waals surface area contributed by atoms with Gasteiger partial charge in [0.05, 0.1) is 10.5 Å². The lowest BCUT2D eigenvalue weighted by Gasteiger charge is -2.08. The molecule has 2 aromatic carbocycles. The number of benzene rings is 2. The number of rotatable bonds is 5. The number of nitro benzene ring substituents is 1. The molecule has 7 heteroatoms. The van der Waals surface area contributed by atoms with E-state index in [0.29, 0.717) is 5.56 Å². The second-order valence-corrected chi connectivity index (χ2v) is 4.89. The summed E-state index contributed by atoms with van der Waals surface area (Å²) in [5.41, 5.74) is 1.32. The Hall–Kier alpha value is -3.22. The van der Waals surface area contributed by atoms with Gasteiger partial charge in [0.15, 0.2) is 0 Å². The number of hydrogen-bond donors (Lipinski definition) is 2. The Morgan fingerprint density at radius 3 is 2.39 bits per heavy atom. The van der Waals surface area contributed by atoms with Crippen LogP contribution in [0.25, 0.3) is 0 Å². The molecule has 0 atom stereocenters. The van der Waals surface area contributed by atoms with Gasteiger partial charge in [-0.05, 0) is 30.7 Å². The summed E-state index contributed by atoms with van der Waals surface area (Å²) >= 11 is 0. The van der Waals surface area contributed by atoms with Gasteiger partial charge >= 0.3 is 5.97 Å². The van der Waals surface area contributed by atoms with E-state index in [0.717, 1.165) is 5.56 Å². The quantitative estimate of drug-likeness (QED) is 0.651. The average molecular weight is 314 g/mol. The van der Waals surface area contributed by atoms with E-state index in [9.17, 15) is 19.7 Å². The Bertz CT molecular complexity index is 769. The molecule has 23 heavy (non-hydrogen) atoms. The number of nitrogens with zero attached hydrogens (tertiary/aromatic N) is 1. The van der Waals surface area contributed by atoms with Gasteiger partial charge in [-0.1, -0.05) is 18.2 Å². The lowest BCUT2D eigenvalue weighted by Crippen LogP contribution is -2.23. The summed E-state index contributed by atoms with van der Waals surface area (Å²) in [4.78, 5) is 33.3. The van der Waals surface area contributed by atoms with Gasteiger partial charge in [0.2, 0.25) is 0 Å². The van der Waals surface area contributed by atoms with E-state index in [1.807, 2.05) is 0 Å². The van der Waals surface area contributed by atoms with Gasteiger partial charge < -0.3 is 10.4 Å². The van der Waals surface area contributed by atoms with Gasteiger partial charge in [-0.15, -0.1) is 0 Å². The molecule has 0 unspecified atom stereocenters. The van der Waals surface area contributed by atoms with Crippen LogP contribution in [0.4, 0.5) is 5.69 Å². The first-order valence-electron chi connectivity index (χ1n) is 6.74. The van der Waals surface area contributed by atoms with Crippen molar-refractivity contribution < 1.29 is 19.6 Å². The molecule has 0 aliphatic heterocycles. The summed E-state index contributed by atoms with van der Waals surface area (Å²) in [5.74, 6) is -1.44. The number of nitrogens with one attached hydrogen (secondary N) is 1. The lowest BCUT2D eigenvalue weighted by atomic mass is 10.1. The van der Waals surface area contributed by atoms with Crippen LogP contribution >= 0.6 is 0 Å². The van der Waals surface area contributed by atoms with Crippen LogP contribution in [0.15, 0.2) is 42.5 Å². The zero-order valence-electron chi connectivity index (χ0n) is 12.3. The number of nitro groups is 1. The maximum atomic E-state index is 12.2. The van der Waals surface area contributed by atoms with Crippen molar-refractivity contribution in [3.8, 4) is 0 Å². The van der Waals surface area contributed by atoms with Crippen molar-refractivity contribution in [3.63, 3.8) is 0 Å². The van der Waals surface area contributed by atoms with Crippen LogP contribution in [-0.2, 0) is 6.54 Å². The highest BCUT2D eigenvalue weighted by Gasteiger charge is 2.17. The number of aromatic carboxylic acids is 1. The van der Waals surface area contributed by atoms with E-state index in [4.69, 9.17) is 5.11 Å². The molecule has 0 aliphatic carbocycles. The molecular weight excluding hydrogens is 300 g/mol. The third-order valence-electron chi connectivity index (χ3n) is 3.40. The fraction of sp³-hybridized carbons (Fsp3) is 0.125. The molecule has 0 saturated heterocycles. The third-order valence-corrected chi connectivity index (χ3v) is 3.40. The van der Waals surface area contributed by atoms with Crippen molar-refractivity contribution in [2.45, 2.75) is 13.5 Å². The van der Waals surface area contributed by atoms with Crippen LogP contribution < -0.4 is 5.32 Å². The highest BCUT2D eigenvalue weighted by atomic mass is 16.6. The molecule has 0 aliphatic rings. The second-order valence-electron chi connectivity index (χ2n) is 4.89. The Labute approximate surface area is 131 Å². The molecule has 0 radical (unpaired) electrons. The van der Waals surface area contributed by atoms with Gasteiger partial charge in [-0.2, -0.15) is 0 Å². The van der Waals surface area contributed by atoms with Crippen LogP contribution in [0.1, 0.15) is 31.8 Å². The van der Waals surface area contributed by atoms with E-state index in [-0.39, 0.29) is 23.4 Å². The van der Waals surface area contributed by atoms with E-state index in [1.54, 1.807) is 12.1 Å². The molecule has 2 rings (SSSR count). The molecule has 0 heterocycles.